The van der Waals surface area contributed by atoms with E-state index >= 15 is 0 Å². The smallest absolute Gasteiger partial charge is 0.311 e. The minimum atomic E-state index is -1.82. The lowest BCUT2D eigenvalue weighted by molar-refractivity contribution is -0.317. The third-order valence-electron chi connectivity index (χ3n) is 12.6. The molecule has 4 rings (SSSR count). The number of nitrogens with zero attached hydrogens (tertiary/aromatic N) is 1. The Morgan fingerprint density at radius 1 is 0.981 bits per heavy atom. The third-order valence-corrected chi connectivity index (χ3v) is 12.6. The highest BCUT2D eigenvalue weighted by Crippen LogP contribution is 2.47. The fourth-order valence-corrected chi connectivity index (χ4v) is 9.00. The fraction of sp³-hybridized carbons (Fsp3) is 0.923. The van der Waals surface area contributed by atoms with E-state index in [0.29, 0.717) is 18.6 Å². The van der Waals surface area contributed by atoms with Crippen LogP contribution in [-0.4, -0.2) is 136 Å². The van der Waals surface area contributed by atoms with E-state index in [4.69, 9.17) is 33.2 Å². The maximum absolute atomic E-state index is 14.2. The molecule has 0 radical (unpaired) electrons. The highest BCUT2D eigenvalue weighted by atomic mass is 16.7. The van der Waals surface area contributed by atoms with Crippen LogP contribution in [0.4, 0.5) is 0 Å². The van der Waals surface area contributed by atoms with Gasteiger partial charge in [-0.2, -0.15) is 0 Å². The summed E-state index contributed by atoms with van der Waals surface area (Å²) >= 11 is 0. The zero-order valence-corrected chi connectivity index (χ0v) is 34.0. The minimum Gasteiger partial charge on any atom is -0.489 e. The molecule has 4 aliphatic rings. The van der Waals surface area contributed by atoms with Gasteiger partial charge in [-0.05, 0) is 87.8 Å². The summed E-state index contributed by atoms with van der Waals surface area (Å²) in [5.41, 5.74) is -3.01. The van der Waals surface area contributed by atoms with Gasteiger partial charge < -0.3 is 53.6 Å². The molecule has 4 heterocycles. The van der Waals surface area contributed by atoms with Crippen molar-refractivity contribution in [1.29, 1.82) is 0 Å². The molecule has 4 N–H and O–H groups in total. The number of fused-ring (bicyclic) bond motifs is 2. The van der Waals surface area contributed by atoms with Gasteiger partial charge in [0.1, 0.15) is 41.4 Å². The van der Waals surface area contributed by atoms with E-state index in [2.05, 4.69) is 18.7 Å². The van der Waals surface area contributed by atoms with Crippen molar-refractivity contribution in [1.82, 2.24) is 4.90 Å². The molecule has 0 spiro atoms. The zero-order valence-electron chi connectivity index (χ0n) is 34.0. The van der Waals surface area contributed by atoms with Crippen molar-refractivity contribution < 1.29 is 58.4 Å². The average molecular weight is 744 g/mol. The Labute approximate surface area is 311 Å². The maximum atomic E-state index is 14.2. The Kier molecular flexibility index (Phi) is 13.6. The number of hydrogen-bond acceptors (Lipinski definition) is 13. The number of hydrogen-bond donors (Lipinski definition) is 4. The van der Waals surface area contributed by atoms with Crippen LogP contribution in [0.25, 0.3) is 0 Å². The van der Waals surface area contributed by atoms with Crippen LogP contribution in [0.2, 0.25) is 0 Å². The molecule has 17 atom stereocenters. The summed E-state index contributed by atoms with van der Waals surface area (Å²) in [5, 5.41) is 46.2. The van der Waals surface area contributed by atoms with Gasteiger partial charge in [0.05, 0.1) is 35.9 Å². The molecule has 3 fully saturated rings. The monoisotopic (exact) mass is 743 g/mol. The molecule has 0 saturated carbocycles. The lowest BCUT2D eigenvalue weighted by Crippen LogP contribution is -2.61. The van der Waals surface area contributed by atoms with E-state index in [1.807, 2.05) is 34.7 Å². The number of esters is 1. The summed E-state index contributed by atoms with van der Waals surface area (Å²) in [7, 11) is 3.51. The van der Waals surface area contributed by atoms with Crippen LogP contribution in [0.5, 0.6) is 0 Å². The van der Waals surface area contributed by atoms with E-state index in [1.165, 1.54) is 14.0 Å². The summed E-state index contributed by atoms with van der Waals surface area (Å²) in [4.78, 5) is 16.3. The van der Waals surface area contributed by atoms with Gasteiger partial charge >= 0.3 is 5.97 Å². The molecule has 0 aromatic heterocycles. The van der Waals surface area contributed by atoms with Gasteiger partial charge in [-0.1, -0.05) is 20.8 Å². The maximum Gasteiger partial charge on any atom is 0.311 e. The van der Waals surface area contributed by atoms with E-state index in [0.717, 1.165) is 5.57 Å². The second-order valence-electron chi connectivity index (χ2n) is 17.1. The normalized spacial score (nSPS) is 48.2. The summed E-state index contributed by atoms with van der Waals surface area (Å²) < 4.78 is 44.9. The largest absolute Gasteiger partial charge is 0.489 e. The van der Waals surface area contributed by atoms with Crippen molar-refractivity contribution in [3.05, 3.63) is 11.3 Å². The molecule has 0 aromatic rings. The number of carbonyl (C=O) groups excluding carboxylic acids is 1. The van der Waals surface area contributed by atoms with Crippen LogP contribution in [0, 0.1) is 17.8 Å². The summed E-state index contributed by atoms with van der Waals surface area (Å²) in [6.45, 7) is 22.2. The molecule has 3 saturated heterocycles. The standard InChI is InChI=1S/C39H69NO12/c1-15-27-39(12,45)32(42)22(6)30-20(4)17-38(11,52-30)34(51-36-29(41)26(16-21(5)47-36)40(13)19(2)3)23(7)31(24(8)35(44)49-27)50-28-18-37(10,46-14)33(43)25(9)48-28/h19,21-29,31-34,36,41-43,45H,15-18H2,1-14H3/t21-,22+,23+,24-,25+,26+,27?,28+,29-,31+,32-,33+,34-,36+,37-,38-,39-/m1/s1. The predicted octanol–water partition coefficient (Wildman–Crippen LogP) is 3.67. The molecule has 1 unspecified atom stereocenters. The lowest BCUT2D eigenvalue weighted by Gasteiger charge is -2.49. The van der Waals surface area contributed by atoms with Crippen molar-refractivity contribution in [2.75, 3.05) is 14.2 Å². The first-order valence-corrected chi connectivity index (χ1v) is 19.3. The predicted molar refractivity (Wildman–Crippen MR) is 193 cm³/mol. The second-order valence-corrected chi connectivity index (χ2v) is 17.1. The van der Waals surface area contributed by atoms with Crippen molar-refractivity contribution in [3.63, 3.8) is 0 Å². The van der Waals surface area contributed by atoms with E-state index in [-0.39, 0.29) is 31.0 Å². The Balaban J connectivity index is 1.84. The first-order valence-electron chi connectivity index (χ1n) is 19.3. The molecule has 4 aliphatic heterocycles. The van der Waals surface area contributed by atoms with Gasteiger partial charge in [-0.25, -0.2) is 0 Å². The number of methoxy groups -OCH3 is 1. The van der Waals surface area contributed by atoms with Gasteiger partial charge in [0.15, 0.2) is 12.6 Å². The second kappa shape index (κ2) is 16.4. The van der Waals surface area contributed by atoms with Crippen LogP contribution in [0.15, 0.2) is 11.3 Å². The molecule has 302 valence electrons. The van der Waals surface area contributed by atoms with Crippen LogP contribution < -0.4 is 0 Å². The molecule has 0 amide bonds. The van der Waals surface area contributed by atoms with Gasteiger partial charge in [-0.3, -0.25) is 9.69 Å². The molecule has 2 bridgehead atoms. The molecular weight excluding hydrogens is 674 g/mol. The lowest BCUT2D eigenvalue weighted by atomic mass is 9.78. The Hall–Kier alpha value is -1.39. The summed E-state index contributed by atoms with van der Waals surface area (Å²) in [6, 6.07) is -0.0815. The Bertz CT molecular complexity index is 1260. The number of ether oxygens (including phenoxy) is 7. The van der Waals surface area contributed by atoms with Gasteiger partial charge in [0.2, 0.25) is 0 Å². The number of likely N-dealkylation sites (N-methyl/N-ethyl adjacent to an activating group) is 1. The average Bonchev–Trinajstić information content (AvgIpc) is 3.40. The van der Waals surface area contributed by atoms with Crippen molar-refractivity contribution in [3.8, 4) is 0 Å². The van der Waals surface area contributed by atoms with Crippen molar-refractivity contribution >= 4 is 5.97 Å². The topological polar surface area (TPSA) is 166 Å². The van der Waals surface area contributed by atoms with E-state index < -0.39 is 95.8 Å². The highest BCUT2D eigenvalue weighted by molar-refractivity contribution is 5.73. The van der Waals surface area contributed by atoms with E-state index in [9.17, 15) is 25.2 Å². The SMILES string of the molecule is CCC1OC(=O)[C@H](C)[C@@H](O[C@H]2C[C@@](C)(OC)[C@@H](O)[C@H](C)O2)[C@H](C)[C@@H](O[C@@H]2O[C@H](C)C[C@H](N(C)C(C)C)[C@H]2O)[C@@]2(C)CC(C)=C(O2)[C@H](C)[C@@H](O)[C@]1(C)O. The number of rotatable bonds is 8. The van der Waals surface area contributed by atoms with Crippen molar-refractivity contribution in [2.24, 2.45) is 17.8 Å². The number of carbonyl (C=O) groups is 1. The molecule has 52 heavy (non-hydrogen) atoms. The van der Waals surface area contributed by atoms with Gasteiger partial charge in [-0.15, -0.1) is 0 Å². The Morgan fingerprint density at radius 2 is 1.62 bits per heavy atom. The first-order chi connectivity index (χ1) is 24.0. The minimum absolute atomic E-state index is 0.163. The fourth-order valence-electron chi connectivity index (χ4n) is 9.00. The number of aliphatic hydroxyl groups excluding tert-OH is 3. The number of cyclic esters (lactones) is 1. The molecule has 0 aliphatic carbocycles. The number of aliphatic hydroxyl groups is 4. The van der Waals surface area contributed by atoms with Crippen molar-refractivity contribution in [2.45, 2.75) is 199 Å². The Morgan fingerprint density at radius 3 is 2.19 bits per heavy atom. The molecule has 13 heteroatoms. The van der Waals surface area contributed by atoms with Crippen LogP contribution in [0.3, 0.4) is 0 Å². The third kappa shape index (κ3) is 8.39. The summed E-state index contributed by atoms with van der Waals surface area (Å²) in [5.74, 6) is -2.33. The van der Waals surface area contributed by atoms with Gasteiger partial charge in [0.25, 0.3) is 0 Å². The molecule has 13 nitrogen and oxygen atoms in total. The van der Waals surface area contributed by atoms with Crippen LogP contribution in [-0.2, 0) is 38.0 Å². The molecular formula is C39H69NO12. The van der Waals surface area contributed by atoms with Gasteiger partial charge in [0, 0.05) is 43.9 Å². The van der Waals surface area contributed by atoms with Crippen LogP contribution in [0.1, 0.15) is 109 Å². The summed E-state index contributed by atoms with van der Waals surface area (Å²) in [6.07, 6.45) is -7.45. The first kappa shape index (κ1) is 43.3. The van der Waals surface area contributed by atoms with Crippen LogP contribution >= 0.6 is 0 Å². The molecule has 0 aromatic carbocycles. The highest BCUT2D eigenvalue weighted by Gasteiger charge is 2.56. The zero-order chi connectivity index (χ0) is 39.2. The quantitative estimate of drug-likeness (QED) is 0.267. The van der Waals surface area contributed by atoms with E-state index in [1.54, 1.807) is 34.6 Å².